The minimum atomic E-state index is -0.459. The fraction of sp³-hybridized carbons (Fsp3) is 0.280. The van der Waals surface area contributed by atoms with E-state index in [1.165, 1.54) is 6.42 Å². The zero-order valence-corrected chi connectivity index (χ0v) is 17.7. The summed E-state index contributed by atoms with van der Waals surface area (Å²) in [5, 5.41) is 2.12. The third-order valence-electron chi connectivity index (χ3n) is 4.79. The van der Waals surface area contributed by atoms with Gasteiger partial charge in [-0.15, -0.1) is 0 Å². The van der Waals surface area contributed by atoms with Gasteiger partial charge in [0.1, 0.15) is 11.5 Å². The van der Waals surface area contributed by atoms with Crippen LogP contribution in [-0.2, 0) is 4.79 Å². The van der Waals surface area contributed by atoms with E-state index in [-0.39, 0.29) is 6.61 Å². The summed E-state index contributed by atoms with van der Waals surface area (Å²) in [7, 11) is 0. The van der Waals surface area contributed by atoms with Gasteiger partial charge in [-0.2, -0.15) is 0 Å². The molecule has 0 fully saturated rings. The minimum Gasteiger partial charge on any atom is -0.493 e. The van der Waals surface area contributed by atoms with E-state index in [9.17, 15) is 9.59 Å². The van der Waals surface area contributed by atoms with Gasteiger partial charge in [-0.3, -0.25) is 20.4 Å². The predicted molar refractivity (Wildman–Crippen MR) is 121 cm³/mol. The monoisotopic (exact) mass is 420 g/mol. The Hall–Kier alpha value is -3.54. The molecule has 6 nitrogen and oxygen atoms in total. The SMILES string of the molecule is CCCCCCOc1ccccc1C(=O)NNC(=O)COc1ccc2ccccc2c1. The molecular weight excluding hydrogens is 392 g/mol. The summed E-state index contributed by atoms with van der Waals surface area (Å²) in [6.07, 6.45) is 4.35. The summed E-state index contributed by atoms with van der Waals surface area (Å²) in [5.41, 5.74) is 5.17. The number of amides is 2. The second kappa shape index (κ2) is 11.6. The molecule has 0 bridgehead atoms. The maximum atomic E-state index is 12.5. The molecule has 3 aromatic rings. The highest BCUT2D eigenvalue weighted by Crippen LogP contribution is 2.20. The van der Waals surface area contributed by atoms with Gasteiger partial charge in [-0.1, -0.05) is 68.7 Å². The molecule has 0 saturated heterocycles. The molecule has 0 aliphatic heterocycles. The Morgan fingerprint density at radius 2 is 1.58 bits per heavy atom. The number of hydrazine groups is 1. The number of carbonyl (C=O) groups excluding carboxylic acids is 2. The van der Waals surface area contributed by atoms with Gasteiger partial charge in [0, 0.05) is 0 Å². The van der Waals surface area contributed by atoms with Gasteiger partial charge in [-0.25, -0.2) is 0 Å². The van der Waals surface area contributed by atoms with E-state index in [0.29, 0.717) is 23.7 Å². The molecule has 0 atom stereocenters. The molecule has 3 aromatic carbocycles. The first-order valence-corrected chi connectivity index (χ1v) is 10.6. The van der Waals surface area contributed by atoms with Crippen LogP contribution in [0.25, 0.3) is 10.8 Å². The van der Waals surface area contributed by atoms with Crippen molar-refractivity contribution >= 4 is 22.6 Å². The standard InChI is InChI=1S/C25H28N2O4/c1-2-3-4-9-16-30-23-13-8-7-12-22(23)25(29)27-26-24(28)18-31-21-15-14-19-10-5-6-11-20(19)17-21/h5-8,10-15,17H,2-4,9,16,18H2,1H3,(H,26,28)(H,27,29). The molecule has 6 heteroatoms. The van der Waals surface area contributed by atoms with Crippen LogP contribution >= 0.6 is 0 Å². The van der Waals surface area contributed by atoms with Gasteiger partial charge in [-0.05, 0) is 41.5 Å². The lowest BCUT2D eigenvalue weighted by molar-refractivity contribution is -0.123. The molecule has 0 aliphatic rings. The second-order valence-electron chi connectivity index (χ2n) is 7.21. The van der Waals surface area contributed by atoms with Crippen LogP contribution in [0, 0.1) is 0 Å². The van der Waals surface area contributed by atoms with Crippen molar-refractivity contribution in [3.8, 4) is 11.5 Å². The van der Waals surface area contributed by atoms with Gasteiger partial charge < -0.3 is 9.47 Å². The van der Waals surface area contributed by atoms with Gasteiger partial charge in [0.2, 0.25) is 0 Å². The summed E-state index contributed by atoms with van der Waals surface area (Å²) in [4.78, 5) is 24.6. The molecule has 2 N–H and O–H groups in total. The molecule has 0 aromatic heterocycles. The second-order valence-corrected chi connectivity index (χ2v) is 7.21. The van der Waals surface area contributed by atoms with Crippen LogP contribution < -0.4 is 20.3 Å². The average molecular weight is 421 g/mol. The van der Waals surface area contributed by atoms with E-state index in [1.54, 1.807) is 18.2 Å². The zero-order chi connectivity index (χ0) is 21.9. The number of fused-ring (bicyclic) bond motifs is 1. The molecular formula is C25H28N2O4. The summed E-state index contributed by atoms with van der Waals surface area (Å²) in [6, 6.07) is 20.5. The smallest absolute Gasteiger partial charge is 0.276 e. The number of para-hydroxylation sites is 1. The van der Waals surface area contributed by atoms with Crippen molar-refractivity contribution in [2.75, 3.05) is 13.2 Å². The van der Waals surface area contributed by atoms with Gasteiger partial charge in [0.05, 0.1) is 12.2 Å². The van der Waals surface area contributed by atoms with E-state index in [0.717, 1.165) is 30.0 Å². The molecule has 31 heavy (non-hydrogen) atoms. The number of unbranched alkanes of at least 4 members (excludes halogenated alkanes) is 3. The van der Waals surface area contributed by atoms with Crippen molar-refractivity contribution in [1.29, 1.82) is 0 Å². The lowest BCUT2D eigenvalue weighted by atomic mass is 10.1. The van der Waals surface area contributed by atoms with Crippen molar-refractivity contribution in [2.45, 2.75) is 32.6 Å². The third kappa shape index (κ3) is 6.74. The van der Waals surface area contributed by atoms with Crippen LogP contribution in [0.15, 0.2) is 66.7 Å². The van der Waals surface area contributed by atoms with E-state index in [4.69, 9.17) is 9.47 Å². The zero-order valence-electron chi connectivity index (χ0n) is 17.7. The van der Waals surface area contributed by atoms with Gasteiger partial charge in [0.15, 0.2) is 6.61 Å². The third-order valence-corrected chi connectivity index (χ3v) is 4.79. The van der Waals surface area contributed by atoms with Crippen molar-refractivity contribution in [3.05, 3.63) is 72.3 Å². The number of ether oxygens (including phenoxy) is 2. The van der Waals surface area contributed by atoms with Gasteiger partial charge in [0.25, 0.3) is 11.8 Å². The van der Waals surface area contributed by atoms with E-state index in [2.05, 4.69) is 17.8 Å². The molecule has 162 valence electrons. The largest absolute Gasteiger partial charge is 0.493 e. The maximum Gasteiger partial charge on any atom is 0.276 e. The van der Waals surface area contributed by atoms with Crippen LogP contribution in [0.4, 0.5) is 0 Å². The highest BCUT2D eigenvalue weighted by Gasteiger charge is 2.13. The molecule has 3 rings (SSSR count). The summed E-state index contributed by atoms with van der Waals surface area (Å²) < 4.78 is 11.3. The Morgan fingerprint density at radius 1 is 0.806 bits per heavy atom. The van der Waals surface area contributed by atoms with E-state index in [1.807, 2.05) is 48.5 Å². The van der Waals surface area contributed by atoms with Crippen molar-refractivity contribution in [1.82, 2.24) is 10.9 Å². The Bertz CT molecular complexity index is 1020. The summed E-state index contributed by atoms with van der Waals surface area (Å²) in [6.45, 7) is 2.49. The number of rotatable bonds is 10. The molecule has 0 aliphatic carbocycles. The Balaban J connectivity index is 1.47. The molecule has 0 unspecified atom stereocenters. The first-order chi connectivity index (χ1) is 15.2. The summed E-state index contributed by atoms with van der Waals surface area (Å²) in [5.74, 6) is 0.183. The first kappa shape index (κ1) is 22.2. The fourth-order valence-corrected chi connectivity index (χ4v) is 3.13. The molecule has 0 radical (unpaired) electrons. The predicted octanol–water partition coefficient (Wildman–Crippen LogP) is 4.64. The number of hydrogen-bond acceptors (Lipinski definition) is 4. The highest BCUT2D eigenvalue weighted by atomic mass is 16.5. The first-order valence-electron chi connectivity index (χ1n) is 10.6. The van der Waals surface area contributed by atoms with Crippen LogP contribution in [-0.4, -0.2) is 25.0 Å². The van der Waals surface area contributed by atoms with Crippen LogP contribution in [0.1, 0.15) is 43.0 Å². The maximum absolute atomic E-state index is 12.5. The molecule has 0 spiro atoms. The Labute approximate surface area is 182 Å². The fourth-order valence-electron chi connectivity index (χ4n) is 3.13. The highest BCUT2D eigenvalue weighted by molar-refractivity contribution is 5.98. The van der Waals surface area contributed by atoms with E-state index < -0.39 is 11.8 Å². The molecule has 0 heterocycles. The van der Waals surface area contributed by atoms with Crippen LogP contribution in [0.2, 0.25) is 0 Å². The normalized spacial score (nSPS) is 10.5. The minimum absolute atomic E-state index is 0.214. The van der Waals surface area contributed by atoms with Crippen LogP contribution in [0.5, 0.6) is 11.5 Å². The number of benzene rings is 3. The molecule has 0 saturated carbocycles. The quantitative estimate of drug-likeness (QED) is 0.370. The van der Waals surface area contributed by atoms with Crippen molar-refractivity contribution in [2.24, 2.45) is 0 Å². The Morgan fingerprint density at radius 3 is 2.42 bits per heavy atom. The Kier molecular flexibility index (Phi) is 8.29. The van der Waals surface area contributed by atoms with Crippen molar-refractivity contribution in [3.63, 3.8) is 0 Å². The lowest BCUT2D eigenvalue weighted by Gasteiger charge is -2.12. The van der Waals surface area contributed by atoms with Gasteiger partial charge >= 0.3 is 0 Å². The van der Waals surface area contributed by atoms with Crippen LogP contribution in [0.3, 0.4) is 0 Å². The lowest BCUT2D eigenvalue weighted by Crippen LogP contribution is -2.43. The summed E-state index contributed by atoms with van der Waals surface area (Å²) >= 11 is 0. The number of carbonyl (C=O) groups is 2. The number of nitrogens with one attached hydrogen (secondary N) is 2. The van der Waals surface area contributed by atoms with Crippen molar-refractivity contribution < 1.29 is 19.1 Å². The van der Waals surface area contributed by atoms with E-state index >= 15 is 0 Å². The number of hydrogen-bond donors (Lipinski definition) is 2. The topological polar surface area (TPSA) is 76.7 Å². The average Bonchev–Trinajstić information content (AvgIpc) is 2.81. The molecule has 2 amide bonds.